The number of rotatable bonds is 7. The number of halogens is 4. The summed E-state index contributed by atoms with van der Waals surface area (Å²) >= 11 is 0. The lowest BCUT2D eigenvalue weighted by atomic mass is 10.2. The van der Waals surface area contributed by atoms with E-state index in [0.29, 0.717) is 41.4 Å². The number of benzene rings is 1. The Morgan fingerprint density at radius 1 is 1.08 bits per heavy atom. The molecule has 13 heteroatoms. The van der Waals surface area contributed by atoms with Crippen LogP contribution in [0.15, 0.2) is 36.4 Å². The van der Waals surface area contributed by atoms with E-state index in [1.807, 2.05) is 30.9 Å². The van der Waals surface area contributed by atoms with Gasteiger partial charge in [0.25, 0.3) is 0 Å². The van der Waals surface area contributed by atoms with Crippen LogP contribution < -0.4 is 15.0 Å². The van der Waals surface area contributed by atoms with Crippen LogP contribution in [0.5, 0.6) is 11.8 Å². The lowest BCUT2D eigenvalue weighted by Gasteiger charge is -2.35. The highest BCUT2D eigenvalue weighted by molar-refractivity contribution is 5.82. The van der Waals surface area contributed by atoms with E-state index in [-0.39, 0.29) is 24.8 Å². The van der Waals surface area contributed by atoms with Gasteiger partial charge >= 0.3 is 12.2 Å². The summed E-state index contributed by atoms with van der Waals surface area (Å²) in [6, 6.07) is 8.20. The maximum Gasteiger partial charge on any atom is 0.401 e. The van der Waals surface area contributed by atoms with Gasteiger partial charge in [0.05, 0.1) is 12.2 Å². The van der Waals surface area contributed by atoms with Gasteiger partial charge in [-0.2, -0.15) is 28.2 Å². The third-order valence-corrected chi connectivity index (χ3v) is 6.03. The Balaban J connectivity index is 1.43. The average molecular weight is 531 g/mol. The molecule has 1 aliphatic heterocycles. The van der Waals surface area contributed by atoms with Crippen molar-refractivity contribution in [1.82, 2.24) is 30.0 Å². The topological polar surface area (TPSA) is 98.0 Å². The fraction of sp³-hybridized carbons (Fsp3) is 0.320. The van der Waals surface area contributed by atoms with Crippen molar-refractivity contribution < 1.29 is 22.3 Å². The summed E-state index contributed by atoms with van der Waals surface area (Å²) in [5.74, 6) is 0.649. The Morgan fingerprint density at radius 2 is 1.87 bits per heavy atom. The number of aromatic nitrogens is 5. The van der Waals surface area contributed by atoms with Gasteiger partial charge < -0.3 is 19.9 Å². The van der Waals surface area contributed by atoms with Crippen molar-refractivity contribution in [2.45, 2.75) is 20.0 Å². The van der Waals surface area contributed by atoms with Crippen LogP contribution >= 0.6 is 0 Å². The van der Waals surface area contributed by atoms with Gasteiger partial charge in [-0.25, -0.2) is 4.39 Å². The number of nitrogens with one attached hydrogen (secondary N) is 3. The van der Waals surface area contributed by atoms with E-state index in [0.717, 1.165) is 11.4 Å². The molecule has 0 radical (unpaired) electrons. The lowest BCUT2D eigenvalue weighted by Crippen LogP contribution is -2.49. The third-order valence-electron chi connectivity index (χ3n) is 6.03. The normalized spacial score (nSPS) is 15.1. The minimum absolute atomic E-state index is 0.0512. The van der Waals surface area contributed by atoms with Gasteiger partial charge in [-0.05, 0) is 38.1 Å². The summed E-state index contributed by atoms with van der Waals surface area (Å²) in [5.41, 5.74) is 2.22. The fourth-order valence-electron chi connectivity index (χ4n) is 4.34. The standard InChI is InChI=1S/C25H26F4N8O/c1-3-4-16-12-21(35-34-16)31-20-13-22(37-9-7-36(8-10-37)14-25(27,28)29)33-24(32-20)38-19-6-5-18-17(23(19)26)11-15(2)30-18/h3-6,11-13,30H,7-10,14H2,1-2H3,(H2,31,32,33,34,35)/b4-3+. The zero-order valence-electron chi connectivity index (χ0n) is 20.7. The van der Waals surface area contributed by atoms with E-state index >= 15 is 4.39 Å². The van der Waals surface area contributed by atoms with Crippen molar-refractivity contribution in [3.63, 3.8) is 0 Å². The molecule has 0 bridgehead atoms. The molecule has 4 heterocycles. The lowest BCUT2D eigenvalue weighted by molar-refractivity contribution is -0.146. The maximum absolute atomic E-state index is 15.2. The number of aromatic amines is 2. The van der Waals surface area contributed by atoms with Crippen LogP contribution in [-0.2, 0) is 0 Å². The van der Waals surface area contributed by atoms with E-state index in [2.05, 4.69) is 30.5 Å². The SMILES string of the molecule is C/C=C/c1cc(Nc2cc(N3CCN(CC(F)(F)F)CC3)nc(Oc3ccc4[nH]c(C)cc4c3F)n2)n[nH]1. The molecule has 0 atom stereocenters. The van der Waals surface area contributed by atoms with Crippen LogP contribution in [0.2, 0.25) is 0 Å². The van der Waals surface area contributed by atoms with E-state index in [1.165, 1.54) is 11.0 Å². The molecule has 3 aromatic heterocycles. The highest BCUT2D eigenvalue weighted by Gasteiger charge is 2.32. The summed E-state index contributed by atoms with van der Waals surface area (Å²) in [6.07, 6.45) is -0.546. The summed E-state index contributed by atoms with van der Waals surface area (Å²) in [4.78, 5) is 15.1. The first kappa shape index (κ1) is 25.5. The Bertz CT molecular complexity index is 1450. The first-order valence-electron chi connectivity index (χ1n) is 12.0. The van der Waals surface area contributed by atoms with Crippen molar-refractivity contribution in [3.05, 3.63) is 53.6 Å². The van der Waals surface area contributed by atoms with Crippen molar-refractivity contribution >= 4 is 34.4 Å². The molecule has 5 rings (SSSR count). The van der Waals surface area contributed by atoms with Gasteiger partial charge in [-0.15, -0.1) is 0 Å². The summed E-state index contributed by atoms with van der Waals surface area (Å²) in [7, 11) is 0. The van der Waals surface area contributed by atoms with Gasteiger partial charge in [0.2, 0.25) is 0 Å². The first-order chi connectivity index (χ1) is 18.2. The second-order valence-electron chi connectivity index (χ2n) is 9.00. The van der Waals surface area contributed by atoms with Crippen LogP contribution in [-0.4, -0.2) is 68.9 Å². The number of piperazine rings is 1. The number of hydrogen-bond acceptors (Lipinski definition) is 7. The van der Waals surface area contributed by atoms with E-state index in [1.54, 1.807) is 24.3 Å². The predicted molar refractivity (Wildman–Crippen MR) is 136 cm³/mol. The minimum Gasteiger partial charge on any atom is -0.421 e. The van der Waals surface area contributed by atoms with Crippen LogP contribution in [0.4, 0.5) is 35.0 Å². The predicted octanol–water partition coefficient (Wildman–Crippen LogP) is 5.38. The summed E-state index contributed by atoms with van der Waals surface area (Å²) < 4.78 is 59.4. The number of fused-ring (bicyclic) bond motifs is 1. The molecular weight excluding hydrogens is 504 g/mol. The van der Waals surface area contributed by atoms with Gasteiger partial charge in [0, 0.05) is 54.9 Å². The molecule has 38 heavy (non-hydrogen) atoms. The Labute approximate surface area is 215 Å². The molecule has 1 aromatic carbocycles. The zero-order valence-corrected chi connectivity index (χ0v) is 20.7. The molecule has 0 aliphatic carbocycles. The molecule has 3 N–H and O–H groups in total. The molecule has 0 unspecified atom stereocenters. The van der Waals surface area contributed by atoms with Crippen molar-refractivity contribution in [1.29, 1.82) is 0 Å². The second-order valence-corrected chi connectivity index (χ2v) is 9.00. The number of hydrogen-bond donors (Lipinski definition) is 3. The quantitative estimate of drug-likeness (QED) is 0.276. The average Bonchev–Trinajstić information content (AvgIpc) is 3.46. The molecule has 1 aliphatic rings. The molecule has 4 aromatic rings. The number of allylic oxidation sites excluding steroid dienone is 1. The third kappa shape index (κ3) is 5.88. The molecule has 9 nitrogen and oxygen atoms in total. The van der Waals surface area contributed by atoms with Gasteiger partial charge in [-0.1, -0.05) is 6.08 Å². The smallest absolute Gasteiger partial charge is 0.401 e. The van der Waals surface area contributed by atoms with Gasteiger partial charge in [-0.3, -0.25) is 10.00 Å². The molecule has 1 saturated heterocycles. The van der Waals surface area contributed by atoms with E-state index in [9.17, 15) is 13.2 Å². The molecule has 0 saturated carbocycles. The van der Waals surface area contributed by atoms with Crippen molar-refractivity contribution in [2.24, 2.45) is 0 Å². The number of nitrogens with zero attached hydrogens (tertiary/aromatic N) is 5. The Hall–Kier alpha value is -4.13. The van der Waals surface area contributed by atoms with E-state index < -0.39 is 18.5 Å². The van der Waals surface area contributed by atoms with Crippen LogP contribution in [0.1, 0.15) is 18.3 Å². The molecule has 0 amide bonds. The minimum atomic E-state index is -4.26. The largest absolute Gasteiger partial charge is 0.421 e. The molecular formula is C25H26F4N8O. The second kappa shape index (κ2) is 10.3. The molecule has 0 spiro atoms. The van der Waals surface area contributed by atoms with Crippen LogP contribution in [0.3, 0.4) is 0 Å². The Morgan fingerprint density at radius 3 is 2.61 bits per heavy atom. The van der Waals surface area contributed by atoms with Gasteiger partial charge in [0.15, 0.2) is 17.4 Å². The van der Waals surface area contributed by atoms with Crippen molar-refractivity contribution in [3.8, 4) is 11.8 Å². The number of aryl methyl sites for hydroxylation is 1. The highest BCUT2D eigenvalue weighted by atomic mass is 19.4. The monoisotopic (exact) mass is 530 g/mol. The number of H-pyrrole nitrogens is 2. The zero-order chi connectivity index (χ0) is 26.9. The number of anilines is 3. The summed E-state index contributed by atoms with van der Waals surface area (Å²) in [5, 5.41) is 10.5. The van der Waals surface area contributed by atoms with Crippen LogP contribution in [0.25, 0.3) is 17.0 Å². The van der Waals surface area contributed by atoms with Gasteiger partial charge in [0.1, 0.15) is 11.6 Å². The van der Waals surface area contributed by atoms with Crippen LogP contribution in [0, 0.1) is 12.7 Å². The Kier molecular flexibility index (Phi) is 6.93. The number of alkyl halides is 3. The highest BCUT2D eigenvalue weighted by Crippen LogP contribution is 2.31. The number of ether oxygens (including phenoxy) is 1. The molecule has 200 valence electrons. The van der Waals surface area contributed by atoms with Crippen molar-refractivity contribution in [2.75, 3.05) is 42.9 Å². The maximum atomic E-state index is 15.2. The molecule has 1 fully saturated rings. The first-order valence-corrected chi connectivity index (χ1v) is 12.0. The summed E-state index contributed by atoms with van der Waals surface area (Å²) in [6.45, 7) is 3.83. The fourth-order valence-corrected chi connectivity index (χ4v) is 4.34. The van der Waals surface area contributed by atoms with E-state index in [4.69, 9.17) is 4.74 Å².